The lowest BCUT2D eigenvalue weighted by Gasteiger charge is -2.23. The van der Waals surface area contributed by atoms with Crippen LogP contribution in [-0.4, -0.2) is 43.2 Å². The number of hydrazine groups is 1. The van der Waals surface area contributed by atoms with Crippen LogP contribution >= 0.6 is 0 Å². The van der Waals surface area contributed by atoms with Gasteiger partial charge in [-0.15, -0.1) is 0 Å². The molecule has 25 heavy (non-hydrogen) atoms. The van der Waals surface area contributed by atoms with E-state index in [1.54, 1.807) is 14.2 Å². The molecule has 1 heterocycles. The fraction of sp³-hybridized carbons (Fsp3) is 0.316. The van der Waals surface area contributed by atoms with Crippen LogP contribution < -0.4 is 15.3 Å². The van der Waals surface area contributed by atoms with Crippen LogP contribution in [0.5, 0.6) is 11.5 Å². The Morgan fingerprint density at radius 1 is 1.00 bits per heavy atom. The summed E-state index contributed by atoms with van der Waals surface area (Å²) in [6.07, 6.45) is 0.760. The summed E-state index contributed by atoms with van der Waals surface area (Å²) in [5.41, 5.74) is 2.20. The molecule has 0 aromatic heterocycles. The predicted molar refractivity (Wildman–Crippen MR) is 95.4 cm³/mol. The average Bonchev–Trinajstić information content (AvgIpc) is 2.95. The summed E-state index contributed by atoms with van der Waals surface area (Å²) in [4.78, 5) is 14.2. The van der Waals surface area contributed by atoms with Crippen LogP contribution in [0.15, 0.2) is 48.5 Å². The Hall–Kier alpha value is -2.73. The van der Waals surface area contributed by atoms with E-state index in [0.29, 0.717) is 13.1 Å². The third-order valence-corrected chi connectivity index (χ3v) is 4.54. The molecule has 2 amide bonds. The van der Waals surface area contributed by atoms with Crippen molar-refractivity contribution in [2.24, 2.45) is 5.84 Å². The largest absolute Gasteiger partial charge is 0.497 e. The normalized spacial score (nSPS) is 17.1. The maximum atomic E-state index is 12.4. The molecule has 1 atom stereocenters. The SMILES string of the molecule is COc1ccc(CCN2C(=O)N(N)CC2c2ccc(OC)cc2)cc1. The third-order valence-electron chi connectivity index (χ3n) is 4.54. The van der Waals surface area contributed by atoms with Crippen molar-refractivity contribution in [2.75, 3.05) is 27.3 Å². The summed E-state index contributed by atoms with van der Waals surface area (Å²) in [7, 11) is 3.28. The molecule has 0 aliphatic carbocycles. The number of nitrogens with two attached hydrogens (primary N) is 1. The van der Waals surface area contributed by atoms with Crippen molar-refractivity contribution >= 4 is 6.03 Å². The van der Waals surface area contributed by atoms with E-state index in [2.05, 4.69) is 0 Å². The van der Waals surface area contributed by atoms with Crippen LogP contribution in [0, 0.1) is 0 Å². The van der Waals surface area contributed by atoms with E-state index in [9.17, 15) is 4.79 Å². The summed E-state index contributed by atoms with van der Waals surface area (Å²) < 4.78 is 10.4. The zero-order chi connectivity index (χ0) is 17.8. The second-order valence-corrected chi connectivity index (χ2v) is 6.02. The van der Waals surface area contributed by atoms with Gasteiger partial charge in [-0.1, -0.05) is 24.3 Å². The van der Waals surface area contributed by atoms with Gasteiger partial charge in [-0.3, -0.25) is 5.01 Å². The van der Waals surface area contributed by atoms with E-state index in [4.69, 9.17) is 15.3 Å². The van der Waals surface area contributed by atoms with Crippen molar-refractivity contribution in [3.05, 3.63) is 59.7 Å². The first-order chi connectivity index (χ1) is 12.1. The monoisotopic (exact) mass is 341 g/mol. The Morgan fingerprint density at radius 2 is 1.56 bits per heavy atom. The highest BCUT2D eigenvalue weighted by atomic mass is 16.5. The summed E-state index contributed by atoms with van der Waals surface area (Å²) in [5.74, 6) is 7.48. The minimum atomic E-state index is -0.144. The molecular weight excluding hydrogens is 318 g/mol. The minimum absolute atomic E-state index is 0.0540. The number of nitrogens with zero attached hydrogens (tertiary/aromatic N) is 2. The van der Waals surface area contributed by atoms with Crippen LogP contribution in [0.25, 0.3) is 0 Å². The fourth-order valence-corrected chi connectivity index (χ4v) is 3.07. The van der Waals surface area contributed by atoms with Crippen molar-refractivity contribution in [3.63, 3.8) is 0 Å². The van der Waals surface area contributed by atoms with Crippen LogP contribution in [0.3, 0.4) is 0 Å². The lowest BCUT2D eigenvalue weighted by Crippen LogP contribution is -2.37. The minimum Gasteiger partial charge on any atom is -0.497 e. The van der Waals surface area contributed by atoms with E-state index >= 15 is 0 Å². The molecule has 1 saturated heterocycles. The van der Waals surface area contributed by atoms with Crippen LogP contribution in [0.2, 0.25) is 0 Å². The van der Waals surface area contributed by atoms with Crippen molar-refractivity contribution in [1.82, 2.24) is 9.91 Å². The number of urea groups is 1. The van der Waals surface area contributed by atoms with Gasteiger partial charge in [0.15, 0.2) is 0 Å². The number of rotatable bonds is 6. The van der Waals surface area contributed by atoms with Crippen LogP contribution in [0.4, 0.5) is 4.79 Å². The van der Waals surface area contributed by atoms with Gasteiger partial charge < -0.3 is 14.4 Å². The van der Waals surface area contributed by atoms with Gasteiger partial charge in [0, 0.05) is 6.54 Å². The topological polar surface area (TPSA) is 68.0 Å². The molecule has 6 heteroatoms. The van der Waals surface area contributed by atoms with Gasteiger partial charge in [-0.05, 0) is 41.8 Å². The Labute approximate surface area is 147 Å². The standard InChI is InChI=1S/C19H23N3O3/c1-24-16-7-3-14(4-8-16)11-12-21-18(13-22(20)19(21)23)15-5-9-17(25-2)10-6-15/h3-10,18H,11-13,20H2,1-2H3. The average molecular weight is 341 g/mol. The zero-order valence-corrected chi connectivity index (χ0v) is 14.5. The van der Waals surface area contributed by atoms with Crippen molar-refractivity contribution in [3.8, 4) is 11.5 Å². The molecule has 6 nitrogen and oxygen atoms in total. The third kappa shape index (κ3) is 3.69. The number of hydrogen-bond donors (Lipinski definition) is 1. The summed E-state index contributed by atoms with van der Waals surface area (Å²) in [6, 6.07) is 15.5. The summed E-state index contributed by atoms with van der Waals surface area (Å²) in [6.45, 7) is 1.09. The molecule has 132 valence electrons. The first-order valence-corrected chi connectivity index (χ1v) is 8.22. The Kier molecular flexibility index (Phi) is 5.09. The lowest BCUT2D eigenvalue weighted by molar-refractivity contribution is 0.187. The van der Waals surface area contributed by atoms with Gasteiger partial charge in [0.25, 0.3) is 0 Å². The zero-order valence-electron chi connectivity index (χ0n) is 14.5. The van der Waals surface area contributed by atoms with Crippen molar-refractivity contribution in [1.29, 1.82) is 0 Å². The first-order valence-electron chi connectivity index (χ1n) is 8.22. The number of benzene rings is 2. The highest BCUT2D eigenvalue weighted by Gasteiger charge is 2.36. The van der Waals surface area contributed by atoms with Gasteiger partial charge in [0.05, 0.1) is 26.8 Å². The fourth-order valence-electron chi connectivity index (χ4n) is 3.07. The lowest BCUT2D eigenvalue weighted by atomic mass is 10.1. The molecule has 2 N–H and O–H groups in total. The highest BCUT2D eigenvalue weighted by molar-refractivity contribution is 5.77. The predicted octanol–water partition coefficient (Wildman–Crippen LogP) is 2.60. The van der Waals surface area contributed by atoms with E-state index in [0.717, 1.165) is 29.0 Å². The van der Waals surface area contributed by atoms with E-state index < -0.39 is 0 Å². The van der Waals surface area contributed by atoms with Crippen LogP contribution in [-0.2, 0) is 6.42 Å². The second-order valence-electron chi connectivity index (χ2n) is 6.02. The molecule has 0 spiro atoms. The Morgan fingerprint density at radius 3 is 2.12 bits per heavy atom. The molecule has 2 aromatic rings. The number of carbonyl (C=O) groups is 1. The molecule has 1 unspecified atom stereocenters. The Balaban J connectivity index is 1.72. The number of hydrogen-bond acceptors (Lipinski definition) is 4. The first kappa shape index (κ1) is 17.1. The van der Waals surface area contributed by atoms with Crippen LogP contribution in [0.1, 0.15) is 17.2 Å². The number of methoxy groups -OCH3 is 2. The number of carbonyl (C=O) groups excluding carboxylic acids is 1. The summed E-state index contributed by atoms with van der Waals surface area (Å²) in [5, 5.41) is 1.28. The molecule has 1 fully saturated rings. The smallest absolute Gasteiger partial charge is 0.334 e. The maximum absolute atomic E-state index is 12.4. The molecule has 3 rings (SSSR count). The van der Waals surface area contributed by atoms with Gasteiger partial charge >= 0.3 is 6.03 Å². The van der Waals surface area contributed by atoms with Crippen molar-refractivity contribution < 1.29 is 14.3 Å². The number of amides is 2. The summed E-state index contributed by atoms with van der Waals surface area (Å²) >= 11 is 0. The quantitative estimate of drug-likeness (QED) is 0.648. The second kappa shape index (κ2) is 7.44. The maximum Gasteiger partial charge on any atom is 0.334 e. The van der Waals surface area contributed by atoms with Crippen molar-refractivity contribution in [2.45, 2.75) is 12.5 Å². The molecule has 2 aromatic carbocycles. The molecule has 1 aliphatic rings. The molecule has 1 aliphatic heterocycles. The van der Waals surface area contributed by atoms with E-state index in [-0.39, 0.29) is 12.1 Å². The van der Waals surface area contributed by atoms with Gasteiger partial charge in [-0.2, -0.15) is 0 Å². The molecule has 0 bridgehead atoms. The molecule has 0 radical (unpaired) electrons. The molecular formula is C19H23N3O3. The Bertz CT molecular complexity index is 716. The van der Waals surface area contributed by atoms with Gasteiger partial charge in [0.1, 0.15) is 11.5 Å². The van der Waals surface area contributed by atoms with E-state index in [1.165, 1.54) is 5.01 Å². The number of ether oxygens (including phenoxy) is 2. The highest BCUT2D eigenvalue weighted by Crippen LogP contribution is 2.29. The van der Waals surface area contributed by atoms with E-state index in [1.807, 2.05) is 53.4 Å². The molecule has 0 saturated carbocycles. The van der Waals surface area contributed by atoms with Gasteiger partial charge in [0.2, 0.25) is 0 Å². The van der Waals surface area contributed by atoms with Gasteiger partial charge in [-0.25, -0.2) is 10.6 Å².